The molecule has 2 aromatic rings. The van der Waals surface area contributed by atoms with Crippen molar-refractivity contribution in [2.75, 3.05) is 62.9 Å². The van der Waals surface area contributed by atoms with Gasteiger partial charge < -0.3 is 20.1 Å². The van der Waals surface area contributed by atoms with Crippen LogP contribution in [0.4, 0.5) is 11.5 Å². The number of morpholine rings is 1. The van der Waals surface area contributed by atoms with Crippen molar-refractivity contribution in [3.8, 4) is 5.88 Å². The Morgan fingerprint density at radius 1 is 1.19 bits per heavy atom. The van der Waals surface area contributed by atoms with Crippen LogP contribution in [-0.4, -0.2) is 79.5 Å². The second kappa shape index (κ2) is 16.4. The van der Waals surface area contributed by atoms with E-state index < -0.39 is 5.91 Å². The summed E-state index contributed by atoms with van der Waals surface area (Å²) in [7, 11) is 0. The van der Waals surface area contributed by atoms with Crippen LogP contribution >= 0.6 is 0 Å². The molecule has 1 aliphatic heterocycles. The molecule has 10 nitrogen and oxygen atoms in total. The van der Waals surface area contributed by atoms with Crippen molar-refractivity contribution < 1.29 is 14.3 Å². The van der Waals surface area contributed by atoms with Gasteiger partial charge in [-0.1, -0.05) is 33.8 Å². The fourth-order valence-electron chi connectivity index (χ4n) is 3.62. The van der Waals surface area contributed by atoms with E-state index in [0.29, 0.717) is 29.6 Å². The number of nitrogens with zero attached hydrogens (tertiary/aromatic N) is 5. The largest absolute Gasteiger partial charge is 0.476 e. The highest BCUT2D eigenvalue weighted by Crippen LogP contribution is 2.18. The van der Waals surface area contributed by atoms with Crippen LogP contribution < -0.4 is 20.8 Å². The first kappa shape index (κ1) is 29.0. The number of nitrogens with one attached hydrogen (secondary N) is 1. The molecule has 10 heteroatoms. The molecule has 0 aliphatic carbocycles. The van der Waals surface area contributed by atoms with Gasteiger partial charge in [-0.25, -0.2) is 4.98 Å². The number of anilines is 2. The molecule has 36 heavy (non-hydrogen) atoms. The van der Waals surface area contributed by atoms with Crippen LogP contribution in [0.1, 0.15) is 56.7 Å². The molecule has 0 radical (unpaired) electrons. The van der Waals surface area contributed by atoms with Crippen molar-refractivity contribution in [1.29, 1.82) is 0 Å². The molecule has 1 aromatic carbocycles. The molecule has 0 saturated carbocycles. The summed E-state index contributed by atoms with van der Waals surface area (Å²) in [5.41, 5.74) is 9.30. The normalized spacial score (nSPS) is 13.7. The highest BCUT2D eigenvalue weighted by atomic mass is 16.5. The first-order valence-electron chi connectivity index (χ1n) is 12.8. The highest BCUT2D eigenvalue weighted by Gasteiger charge is 2.13. The molecule has 1 aliphatic rings. The summed E-state index contributed by atoms with van der Waals surface area (Å²) >= 11 is 0. The van der Waals surface area contributed by atoms with Crippen molar-refractivity contribution in [1.82, 2.24) is 14.9 Å². The van der Waals surface area contributed by atoms with Gasteiger partial charge in [-0.05, 0) is 31.0 Å². The minimum absolute atomic E-state index is 0.407. The maximum absolute atomic E-state index is 11.4. The molecule has 1 fully saturated rings. The summed E-state index contributed by atoms with van der Waals surface area (Å²) in [6, 6.07) is 8.72. The standard InChI is InChI=1S/C24H35N7O3.C2H6/c1-3-8-31(9-4-2)22-17-23(34-15-12-30-10-13-33-14-11-30)28-21(27-22)18-26-29-20-7-5-6-19(16-20)24(25)32;1-2/h5-7,16-18,29H,3-4,8-15H2,1-2H3,(H2,25,32);1-2H3/b26-18+;. The number of nitrogens with two attached hydrogens (primary N) is 1. The van der Waals surface area contributed by atoms with E-state index in [1.807, 2.05) is 19.9 Å². The maximum Gasteiger partial charge on any atom is 0.248 e. The number of carbonyl (C=O) groups excluding carboxylic acids is 1. The van der Waals surface area contributed by atoms with Gasteiger partial charge in [-0.2, -0.15) is 10.1 Å². The van der Waals surface area contributed by atoms with E-state index in [1.165, 1.54) is 0 Å². The Kier molecular flexibility index (Phi) is 13.2. The zero-order chi connectivity index (χ0) is 26.2. The smallest absolute Gasteiger partial charge is 0.248 e. The summed E-state index contributed by atoms with van der Waals surface area (Å²) in [4.78, 5) is 25.2. The Bertz CT molecular complexity index is 943. The van der Waals surface area contributed by atoms with Gasteiger partial charge in [0, 0.05) is 44.4 Å². The van der Waals surface area contributed by atoms with Crippen LogP contribution in [0.15, 0.2) is 35.4 Å². The number of rotatable bonds is 13. The second-order valence-electron chi connectivity index (χ2n) is 8.03. The van der Waals surface area contributed by atoms with Crippen LogP contribution in [0.5, 0.6) is 5.88 Å². The van der Waals surface area contributed by atoms with Crippen molar-refractivity contribution in [2.24, 2.45) is 10.8 Å². The fourth-order valence-corrected chi connectivity index (χ4v) is 3.62. The Balaban J connectivity index is 0.00000222. The van der Waals surface area contributed by atoms with Crippen molar-refractivity contribution in [2.45, 2.75) is 40.5 Å². The Morgan fingerprint density at radius 2 is 1.92 bits per heavy atom. The average molecular weight is 500 g/mol. The lowest BCUT2D eigenvalue weighted by Crippen LogP contribution is -2.38. The number of benzene rings is 1. The minimum Gasteiger partial charge on any atom is -0.476 e. The first-order valence-corrected chi connectivity index (χ1v) is 12.8. The summed E-state index contributed by atoms with van der Waals surface area (Å²) in [5.74, 6) is 1.29. The highest BCUT2D eigenvalue weighted by molar-refractivity contribution is 5.93. The molecule has 0 bridgehead atoms. The number of hydrazone groups is 1. The number of ether oxygens (including phenoxy) is 2. The van der Waals surface area contributed by atoms with Gasteiger partial charge >= 0.3 is 0 Å². The Labute approximate surface area is 214 Å². The molecule has 0 atom stereocenters. The van der Waals surface area contributed by atoms with Crippen LogP contribution in [0.2, 0.25) is 0 Å². The molecule has 0 unspecified atom stereocenters. The quantitative estimate of drug-likeness (QED) is 0.318. The van der Waals surface area contributed by atoms with Crippen LogP contribution in [0, 0.1) is 0 Å². The molecule has 1 aromatic heterocycles. The maximum atomic E-state index is 11.4. The fraction of sp³-hybridized carbons (Fsp3) is 0.538. The molecule has 0 spiro atoms. The number of carbonyl (C=O) groups is 1. The molecule has 2 heterocycles. The zero-order valence-corrected chi connectivity index (χ0v) is 22.1. The summed E-state index contributed by atoms with van der Waals surface area (Å²) in [6.07, 6.45) is 3.57. The Hall–Kier alpha value is -3.24. The Morgan fingerprint density at radius 3 is 2.58 bits per heavy atom. The molecular weight excluding hydrogens is 458 g/mol. The number of amides is 1. The van der Waals surface area contributed by atoms with Crippen LogP contribution in [0.25, 0.3) is 0 Å². The minimum atomic E-state index is -0.491. The zero-order valence-electron chi connectivity index (χ0n) is 22.1. The number of primary amides is 1. The molecular formula is C26H41N7O3. The number of aromatic nitrogens is 2. The number of hydrogen-bond donors (Lipinski definition) is 2. The lowest BCUT2D eigenvalue weighted by atomic mass is 10.2. The summed E-state index contributed by atoms with van der Waals surface area (Å²) in [6.45, 7) is 14.8. The van der Waals surface area contributed by atoms with E-state index >= 15 is 0 Å². The van der Waals surface area contributed by atoms with Gasteiger partial charge in [0.1, 0.15) is 12.4 Å². The van der Waals surface area contributed by atoms with Gasteiger partial charge in [0.25, 0.3) is 0 Å². The monoisotopic (exact) mass is 499 g/mol. The van der Waals surface area contributed by atoms with E-state index in [0.717, 1.165) is 64.6 Å². The third-order valence-electron chi connectivity index (χ3n) is 5.30. The average Bonchev–Trinajstić information content (AvgIpc) is 2.90. The van der Waals surface area contributed by atoms with Gasteiger partial charge in [-0.3, -0.25) is 15.1 Å². The molecule has 1 amide bonds. The topological polar surface area (TPSA) is 118 Å². The lowest BCUT2D eigenvalue weighted by molar-refractivity contribution is 0.0320. The third kappa shape index (κ3) is 9.79. The lowest BCUT2D eigenvalue weighted by Gasteiger charge is -2.26. The SMILES string of the molecule is CC.CCCN(CCC)c1cc(OCCN2CCOCC2)nc(/C=N/Nc2cccc(C(N)=O)c2)n1. The van der Waals surface area contributed by atoms with Crippen molar-refractivity contribution >= 4 is 23.6 Å². The van der Waals surface area contributed by atoms with Gasteiger partial charge in [0.2, 0.25) is 11.8 Å². The molecule has 1 saturated heterocycles. The third-order valence-corrected chi connectivity index (χ3v) is 5.30. The van der Waals surface area contributed by atoms with Gasteiger partial charge in [0.05, 0.1) is 25.1 Å². The molecule has 198 valence electrons. The van der Waals surface area contributed by atoms with Crippen molar-refractivity contribution in [3.63, 3.8) is 0 Å². The van der Waals surface area contributed by atoms with E-state index in [-0.39, 0.29) is 0 Å². The van der Waals surface area contributed by atoms with E-state index in [9.17, 15) is 4.79 Å². The van der Waals surface area contributed by atoms with Gasteiger partial charge in [-0.15, -0.1) is 0 Å². The molecule has 3 rings (SSSR count). The first-order chi connectivity index (χ1) is 17.6. The summed E-state index contributed by atoms with van der Waals surface area (Å²) < 4.78 is 11.4. The van der Waals surface area contributed by atoms with Crippen LogP contribution in [0.3, 0.4) is 0 Å². The summed E-state index contributed by atoms with van der Waals surface area (Å²) in [5, 5.41) is 4.25. The predicted octanol–water partition coefficient (Wildman–Crippen LogP) is 3.39. The molecule has 3 N–H and O–H groups in total. The van der Waals surface area contributed by atoms with Crippen molar-refractivity contribution in [3.05, 3.63) is 41.7 Å². The van der Waals surface area contributed by atoms with Gasteiger partial charge in [0.15, 0.2) is 5.82 Å². The predicted molar refractivity (Wildman–Crippen MR) is 145 cm³/mol. The van der Waals surface area contributed by atoms with E-state index in [2.05, 4.69) is 39.2 Å². The van der Waals surface area contributed by atoms with Crippen LogP contribution in [-0.2, 0) is 4.74 Å². The van der Waals surface area contributed by atoms with E-state index in [4.69, 9.17) is 20.2 Å². The second-order valence-corrected chi connectivity index (χ2v) is 8.03. The van der Waals surface area contributed by atoms with E-state index in [1.54, 1.807) is 30.5 Å². The number of hydrogen-bond acceptors (Lipinski definition) is 9.